The summed E-state index contributed by atoms with van der Waals surface area (Å²) in [5, 5.41) is 12.8. The van der Waals surface area contributed by atoms with Gasteiger partial charge in [-0.1, -0.05) is 30.6 Å². The van der Waals surface area contributed by atoms with E-state index in [0.29, 0.717) is 41.3 Å². The molecule has 0 atom stereocenters. The van der Waals surface area contributed by atoms with Crippen molar-refractivity contribution < 1.29 is 14.3 Å². The number of nitrogens with one attached hydrogen (secondary N) is 1. The third-order valence-electron chi connectivity index (χ3n) is 4.42. The highest BCUT2D eigenvalue weighted by atomic mass is 32.1. The number of ether oxygens (including phenoxy) is 2. The minimum absolute atomic E-state index is 0.222. The number of hydrogen-bond acceptors (Lipinski definition) is 6. The SMILES string of the molecule is CCOc1ccc(C(=O)Nc2nnc(C3CCCCC3)s2)cc1OCC. The highest BCUT2D eigenvalue weighted by Gasteiger charge is 2.20. The average molecular weight is 375 g/mol. The Labute approximate surface area is 157 Å². The first-order chi connectivity index (χ1) is 12.7. The molecule has 0 bridgehead atoms. The standard InChI is InChI=1S/C19H25N3O3S/c1-3-24-15-11-10-14(12-16(15)25-4-2)17(23)20-19-22-21-18(26-19)13-8-6-5-7-9-13/h10-13H,3-9H2,1-2H3,(H,20,22,23). The van der Waals surface area contributed by atoms with E-state index < -0.39 is 0 Å². The van der Waals surface area contributed by atoms with Crippen molar-refractivity contribution in [2.45, 2.75) is 51.9 Å². The van der Waals surface area contributed by atoms with Gasteiger partial charge in [-0.15, -0.1) is 10.2 Å². The van der Waals surface area contributed by atoms with E-state index in [1.807, 2.05) is 13.8 Å². The van der Waals surface area contributed by atoms with Crippen molar-refractivity contribution in [1.82, 2.24) is 10.2 Å². The molecule has 1 saturated carbocycles. The minimum atomic E-state index is -0.222. The predicted octanol–water partition coefficient (Wildman–Crippen LogP) is 4.64. The molecule has 1 fully saturated rings. The monoisotopic (exact) mass is 375 g/mol. The lowest BCUT2D eigenvalue weighted by atomic mass is 9.90. The van der Waals surface area contributed by atoms with Gasteiger partial charge >= 0.3 is 0 Å². The number of aromatic nitrogens is 2. The molecule has 1 amide bonds. The maximum Gasteiger partial charge on any atom is 0.257 e. The summed E-state index contributed by atoms with van der Waals surface area (Å²) < 4.78 is 11.1. The van der Waals surface area contributed by atoms with Crippen LogP contribution in [0.1, 0.15) is 67.2 Å². The van der Waals surface area contributed by atoms with Crippen molar-refractivity contribution in [2.24, 2.45) is 0 Å². The van der Waals surface area contributed by atoms with Crippen molar-refractivity contribution in [1.29, 1.82) is 0 Å². The van der Waals surface area contributed by atoms with E-state index in [4.69, 9.17) is 9.47 Å². The zero-order valence-corrected chi connectivity index (χ0v) is 16.1. The number of anilines is 1. The molecule has 7 heteroatoms. The zero-order valence-electron chi connectivity index (χ0n) is 15.3. The average Bonchev–Trinajstić information content (AvgIpc) is 3.13. The molecule has 1 aliphatic rings. The van der Waals surface area contributed by atoms with Gasteiger partial charge < -0.3 is 9.47 Å². The van der Waals surface area contributed by atoms with E-state index >= 15 is 0 Å². The fourth-order valence-corrected chi connectivity index (χ4v) is 4.07. The van der Waals surface area contributed by atoms with E-state index in [1.54, 1.807) is 18.2 Å². The van der Waals surface area contributed by atoms with Crippen LogP contribution in [0.2, 0.25) is 0 Å². The van der Waals surface area contributed by atoms with Crippen molar-refractivity contribution in [2.75, 3.05) is 18.5 Å². The first-order valence-electron chi connectivity index (χ1n) is 9.25. The van der Waals surface area contributed by atoms with Crippen molar-refractivity contribution in [3.8, 4) is 11.5 Å². The second-order valence-electron chi connectivity index (χ2n) is 6.26. The summed E-state index contributed by atoms with van der Waals surface area (Å²) in [5.74, 6) is 1.48. The second-order valence-corrected chi connectivity index (χ2v) is 7.27. The van der Waals surface area contributed by atoms with Crippen LogP contribution in [0.4, 0.5) is 5.13 Å². The van der Waals surface area contributed by atoms with Gasteiger partial charge in [0, 0.05) is 11.5 Å². The van der Waals surface area contributed by atoms with Crippen LogP contribution in [0.5, 0.6) is 11.5 Å². The number of hydrogen-bond donors (Lipinski definition) is 1. The quantitative estimate of drug-likeness (QED) is 0.763. The molecular weight excluding hydrogens is 350 g/mol. The molecule has 0 radical (unpaired) electrons. The van der Waals surface area contributed by atoms with E-state index in [2.05, 4.69) is 15.5 Å². The molecule has 0 spiro atoms. The van der Waals surface area contributed by atoms with Crippen LogP contribution in [-0.4, -0.2) is 29.3 Å². The van der Waals surface area contributed by atoms with E-state index in [1.165, 1.54) is 43.4 Å². The number of carbonyl (C=O) groups is 1. The topological polar surface area (TPSA) is 73.3 Å². The summed E-state index contributed by atoms with van der Waals surface area (Å²) in [5.41, 5.74) is 0.506. The summed E-state index contributed by atoms with van der Waals surface area (Å²) in [4.78, 5) is 12.6. The van der Waals surface area contributed by atoms with Crippen LogP contribution in [-0.2, 0) is 0 Å². The molecule has 0 unspecified atom stereocenters. The molecule has 3 rings (SSSR count). The van der Waals surface area contributed by atoms with E-state index in [-0.39, 0.29) is 5.91 Å². The van der Waals surface area contributed by atoms with Gasteiger partial charge in [0.1, 0.15) is 5.01 Å². The Bertz CT molecular complexity index is 741. The van der Waals surface area contributed by atoms with E-state index in [0.717, 1.165) is 5.01 Å². The Morgan fingerprint density at radius 2 is 1.85 bits per heavy atom. The molecule has 0 aliphatic heterocycles. The summed E-state index contributed by atoms with van der Waals surface area (Å²) in [6.07, 6.45) is 6.13. The lowest BCUT2D eigenvalue weighted by Crippen LogP contribution is -2.12. The maximum atomic E-state index is 12.6. The van der Waals surface area contributed by atoms with Crippen LogP contribution in [0.25, 0.3) is 0 Å². The van der Waals surface area contributed by atoms with Gasteiger partial charge in [0.25, 0.3) is 5.91 Å². The molecule has 1 N–H and O–H groups in total. The number of rotatable bonds is 7. The van der Waals surface area contributed by atoms with Crippen molar-refractivity contribution >= 4 is 22.4 Å². The van der Waals surface area contributed by atoms with Crippen molar-refractivity contribution in [3.05, 3.63) is 28.8 Å². The largest absolute Gasteiger partial charge is 0.490 e. The highest BCUT2D eigenvalue weighted by molar-refractivity contribution is 7.15. The third kappa shape index (κ3) is 4.52. The summed E-state index contributed by atoms with van der Waals surface area (Å²) in [6, 6.07) is 5.19. The van der Waals surface area contributed by atoms with Gasteiger partial charge in [0.2, 0.25) is 5.13 Å². The number of nitrogens with zero attached hydrogens (tertiary/aromatic N) is 2. The fraction of sp³-hybridized carbons (Fsp3) is 0.526. The summed E-state index contributed by atoms with van der Waals surface area (Å²) in [6.45, 7) is 4.86. The zero-order chi connectivity index (χ0) is 18.4. The fourth-order valence-electron chi connectivity index (χ4n) is 3.16. The third-order valence-corrected chi connectivity index (χ3v) is 5.42. The minimum Gasteiger partial charge on any atom is -0.490 e. The Morgan fingerprint density at radius 3 is 2.58 bits per heavy atom. The number of carbonyl (C=O) groups excluding carboxylic acids is 1. The molecular formula is C19H25N3O3S. The van der Waals surface area contributed by atoms with Crippen LogP contribution in [0.3, 0.4) is 0 Å². The molecule has 26 heavy (non-hydrogen) atoms. The van der Waals surface area contributed by atoms with Crippen LogP contribution in [0.15, 0.2) is 18.2 Å². The molecule has 1 aliphatic carbocycles. The van der Waals surface area contributed by atoms with Crippen LogP contribution in [0, 0.1) is 0 Å². The van der Waals surface area contributed by atoms with Crippen molar-refractivity contribution in [3.63, 3.8) is 0 Å². The Kier molecular flexibility index (Phi) is 6.44. The molecule has 6 nitrogen and oxygen atoms in total. The molecule has 2 aromatic rings. The predicted molar refractivity (Wildman–Crippen MR) is 102 cm³/mol. The number of benzene rings is 1. The van der Waals surface area contributed by atoms with Gasteiger partial charge in [0.15, 0.2) is 11.5 Å². The van der Waals surface area contributed by atoms with Crippen LogP contribution < -0.4 is 14.8 Å². The van der Waals surface area contributed by atoms with E-state index in [9.17, 15) is 4.79 Å². The lowest BCUT2D eigenvalue weighted by molar-refractivity contribution is 0.102. The summed E-state index contributed by atoms with van der Waals surface area (Å²) >= 11 is 1.48. The first kappa shape index (κ1) is 18.6. The Hall–Kier alpha value is -2.15. The highest BCUT2D eigenvalue weighted by Crippen LogP contribution is 2.35. The molecule has 0 saturated heterocycles. The van der Waals surface area contributed by atoms with Gasteiger partial charge in [-0.3, -0.25) is 10.1 Å². The molecule has 140 valence electrons. The Morgan fingerprint density at radius 1 is 1.12 bits per heavy atom. The first-order valence-corrected chi connectivity index (χ1v) is 10.1. The normalized spacial score (nSPS) is 14.8. The van der Waals surface area contributed by atoms with Gasteiger partial charge in [-0.2, -0.15) is 0 Å². The van der Waals surface area contributed by atoms with Gasteiger partial charge in [-0.25, -0.2) is 0 Å². The number of amides is 1. The maximum absolute atomic E-state index is 12.6. The van der Waals surface area contributed by atoms with Crippen LogP contribution >= 0.6 is 11.3 Å². The summed E-state index contributed by atoms with van der Waals surface area (Å²) in [7, 11) is 0. The van der Waals surface area contributed by atoms with Gasteiger partial charge in [-0.05, 0) is 44.9 Å². The molecule has 1 heterocycles. The Balaban J connectivity index is 1.69. The molecule has 1 aromatic carbocycles. The van der Waals surface area contributed by atoms with Gasteiger partial charge in [0.05, 0.1) is 13.2 Å². The second kappa shape index (κ2) is 8.98. The molecule has 1 aromatic heterocycles. The lowest BCUT2D eigenvalue weighted by Gasteiger charge is -2.18. The smallest absolute Gasteiger partial charge is 0.257 e.